The number of piperidine rings is 1. The van der Waals surface area contributed by atoms with Crippen molar-refractivity contribution in [3.8, 4) is 0 Å². The molecule has 0 amide bonds. The Morgan fingerprint density at radius 3 is 2.72 bits per heavy atom. The Bertz CT molecular complexity index is 352. The van der Waals surface area contributed by atoms with Gasteiger partial charge < -0.3 is 14.8 Å². The molecule has 1 N–H and O–H groups in total. The van der Waals surface area contributed by atoms with E-state index in [0.29, 0.717) is 6.04 Å². The highest BCUT2D eigenvalue weighted by molar-refractivity contribution is 4.97. The lowest BCUT2D eigenvalue weighted by Gasteiger charge is -2.31. The Labute approximate surface area is 110 Å². The molecule has 18 heavy (non-hydrogen) atoms. The molecule has 4 heteroatoms. The van der Waals surface area contributed by atoms with E-state index in [0.717, 1.165) is 18.3 Å². The maximum absolute atomic E-state index is 4.40. The molecule has 1 aromatic heterocycles. The SMILES string of the molecule is CCN1CCC(CNC(C)c2nccn2C)CC1. The summed E-state index contributed by atoms with van der Waals surface area (Å²) in [6, 6.07) is 0.342. The topological polar surface area (TPSA) is 33.1 Å². The van der Waals surface area contributed by atoms with E-state index in [1.807, 2.05) is 12.4 Å². The van der Waals surface area contributed by atoms with E-state index in [4.69, 9.17) is 0 Å². The van der Waals surface area contributed by atoms with Gasteiger partial charge in [-0.1, -0.05) is 6.92 Å². The number of hydrogen-bond donors (Lipinski definition) is 1. The van der Waals surface area contributed by atoms with Gasteiger partial charge in [0.1, 0.15) is 5.82 Å². The molecule has 1 saturated heterocycles. The fourth-order valence-corrected chi connectivity index (χ4v) is 2.74. The monoisotopic (exact) mass is 250 g/mol. The molecule has 0 aliphatic carbocycles. The molecular formula is C14H26N4. The lowest BCUT2D eigenvalue weighted by Crippen LogP contribution is -2.37. The van der Waals surface area contributed by atoms with Crippen molar-refractivity contribution >= 4 is 0 Å². The summed E-state index contributed by atoms with van der Waals surface area (Å²) in [5.41, 5.74) is 0. The molecule has 102 valence electrons. The number of nitrogens with one attached hydrogen (secondary N) is 1. The van der Waals surface area contributed by atoms with Crippen LogP contribution < -0.4 is 5.32 Å². The third-order valence-corrected chi connectivity index (χ3v) is 4.11. The van der Waals surface area contributed by atoms with Crippen molar-refractivity contribution < 1.29 is 0 Å². The number of aromatic nitrogens is 2. The van der Waals surface area contributed by atoms with Crippen LogP contribution >= 0.6 is 0 Å². The molecule has 1 fully saturated rings. The lowest BCUT2D eigenvalue weighted by atomic mass is 9.96. The fraction of sp³-hybridized carbons (Fsp3) is 0.786. The number of imidazole rings is 1. The predicted octanol–water partition coefficient (Wildman–Crippen LogP) is 1.80. The predicted molar refractivity (Wildman–Crippen MR) is 74.5 cm³/mol. The highest BCUT2D eigenvalue weighted by Gasteiger charge is 2.19. The highest BCUT2D eigenvalue weighted by atomic mass is 15.1. The molecule has 1 unspecified atom stereocenters. The fourth-order valence-electron chi connectivity index (χ4n) is 2.74. The van der Waals surface area contributed by atoms with Gasteiger partial charge in [0.2, 0.25) is 0 Å². The van der Waals surface area contributed by atoms with Crippen molar-refractivity contribution in [1.29, 1.82) is 0 Å². The van der Waals surface area contributed by atoms with Gasteiger partial charge in [0.15, 0.2) is 0 Å². The molecule has 0 saturated carbocycles. The maximum atomic E-state index is 4.40. The maximum Gasteiger partial charge on any atom is 0.125 e. The minimum absolute atomic E-state index is 0.342. The molecule has 4 nitrogen and oxygen atoms in total. The molecule has 1 atom stereocenters. The molecule has 0 bridgehead atoms. The van der Waals surface area contributed by atoms with E-state index < -0.39 is 0 Å². The van der Waals surface area contributed by atoms with Crippen LogP contribution in [0.3, 0.4) is 0 Å². The zero-order valence-electron chi connectivity index (χ0n) is 11.9. The molecule has 1 aromatic rings. The minimum Gasteiger partial charge on any atom is -0.337 e. The Balaban J connectivity index is 1.74. The smallest absolute Gasteiger partial charge is 0.125 e. The van der Waals surface area contributed by atoms with Crippen LogP contribution in [0.4, 0.5) is 0 Å². The molecule has 2 rings (SSSR count). The second-order valence-electron chi connectivity index (χ2n) is 5.40. The normalized spacial score (nSPS) is 20.2. The van der Waals surface area contributed by atoms with Crippen LogP contribution in [0.25, 0.3) is 0 Å². The summed E-state index contributed by atoms with van der Waals surface area (Å²) >= 11 is 0. The number of likely N-dealkylation sites (tertiary alicyclic amines) is 1. The van der Waals surface area contributed by atoms with Crippen LogP contribution in [-0.2, 0) is 7.05 Å². The second kappa shape index (κ2) is 6.34. The van der Waals surface area contributed by atoms with Gasteiger partial charge in [-0.3, -0.25) is 0 Å². The zero-order chi connectivity index (χ0) is 13.0. The number of aryl methyl sites for hydroxylation is 1. The molecule has 0 radical (unpaired) electrons. The van der Waals surface area contributed by atoms with E-state index in [2.05, 4.69) is 40.7 Å². The Hall–Kier alpha value is -0.870. The first-order chi connectivity index (χ1) is 8.70. The summed E-state index contributed by atoms with van der Waals surface area (Å²) in [6.07, 6.45) is 6.53. The van der Waals surface area contributed by atoms with Crippen LogP contribution in [0, 0.1) is 5.92 Å². The standard InChI is InChI=1S/C14H26N4/c1-4-18-8-5-13(6-9-18)11-16-12(2)14-15-7-10-17(14)3/h7,10,12-13,16H,4-6,8-9,11H2,1-3H3. The highest BCUT2D eigenvalue weighted by Crippen LogP contribution is 2.17. The van der Waals surface area contributed by atoms with Crippen molar-refractivity contribution in [3.05, 3.63) is 18.2 Å². The van der Waals surface area contributed by atoms with E-state index >= 15 is 0 Å². The van der Waals surface area contributed by atoms with Crippen LogP contribution in [0.5, 0.6) is 0 Å². The number of nitrogens with zero attached hydrogens (tertiary/aromatic N) is 3. The zero-order valence-corrected chi connectivity index (χ0v) is 11.9. The first-order valence-electron chi connectivity index (χ1n) is 7.13. The third kappa shape index (κ3) is 3.33. The van der Waals surface area contributed by atoms with E-state index in [1.54, 1.807) is 0 Å². The second-order valence-corrected chi connectivity index (χ2v) is 5.40. The Morgan fingerprint density at radius 1 is 1.44 bits per heavy atom. The molecule has 2 heterocycles. The van der Waals surface area contributed by atoms with Gasteiger partial charge in [0, 0.05) is 19.4 Å². The first kappa shape index (κ1) is 13.6. The quantitative estimate of drug-likeness (QED) is 0.865. The van der Waals surface area contributed by atoms with Crippen molar-refractivity contribution in [2.45, 2.75) is 32.7 Å². The number of rotatable bonds is 5. The van der Waals surface area contributed by atoms with E-state index in [1.165, 1.54) is 32.5 Å². The molecule has 0 spiro atoms. The largest absolute Gasteiger partial charge is 0.337 e. The summed E-state index contributed by atoms with van der Waals surface area (Å²) in [6.45, 7) is 9.29. The van der Waals surface area contributed by atoms with Gasteiger partial charge in [-0.25, -0.2) is 4.98 Å². The Morgan fingerprint density at radius 2 is 2.17 bits per heavy atom. The minimum atomic E-state index is 0.342. The van der Waals surface area contributed by atoms with Crippen LogP contribution in [-0.4, -0.2) is 40.6 Å². The molecule has 0 aromatic carbocycles. The van der Waals surface area contributed by atoms with Gasteiger partial charge in [-0.2, -0.15) is 0 Å². The van der Waals surface area contributed by atoms with Gasteiger partial charge in [-0.05, 0) is 51.9 Å². The lowest BCUT2D eigenvalue weighted by molar-refractivity contribution is 0.188. The van der Waals surface area contributed by atoms with Gasteiger partial charge in [-0.15, -0.1) is 0 Å². The van der Waals surface area contributed by atoms with Crippen molar-refractivity contribution in [2.75, 3.05) is 26.2 Å². The van der Waals surface area contributed by atoms with E-state index in [-0.39, 0.29) is 0 Å². The van der Waals surface area contributed by atoms with Crippen LogP contribution in [0.15, 0.2) is 12.4 Å². The number of hydrogen-bond acceptors (Lipinski definition) is 3. The Kier molecular flexibility index (Phi) is 4.78. The van der Waals surface area contributed by atoms with E-state index in [9.17, 15) is 0 Å². The average molecular weight is 250 g/mol. The summed E-state index contributed by atoms with van der Waals surface area (Å²) < 4.78 is 2.09. The van der Waals surface area contributed by atoms with Crippen molar-refractivity contribution in [2.24, 2.45) is 13.0 Å². The van der Waals surface area contributed by atoms with Gasteiger partial charge in [0.05, 0.1) is 6.04 Å². The molecule has 1 aliphatic heterocycles. The average Bonchev–Trinajstić information content (AvgIpc) is 2.83. The van der Waals surface area contributed by atoms with Gasteiger partial charge in [0.25, 0.3) is 0 Å². The van der Waals surface area contributed by atoms with Crippen molar-refractivity contribution in [3.63, 3.8) is 0 Å². The molecule has 1 aliphatic rings. The van der Waals surface area contributed by atoms with Gasteiger partial charge >= 0.3 is 0 Å². The summed E-state index contributed by atoms with van der Waals surface area (Å²) in [7, 11) is 2.06. The summed E-state index contributed by atoms with van der Waals surface area (Å²) in [5, 5.41) is 3.63. The van der Waals surface area contributed by atoms with Crippen LogP contribution in [0.2, 0.25) is 0 Å². The molecular weight excluding hydrogens is 224 g/mol. The third-order valence-electron chi connectivity index (χ3n) is 4.11. The first-order valence-corrected chi connectivity index (χ1v) is 7.13. The summed E-state index contributed by atoms with van der Waals surface area (Å²) in [5.74, 6) is 1.96. The van der Waals surface area contributed by atoms with Crippen LogP contribution in [0.1, 0.15) is 38.6 Å². The summed E-state index contributed by atoms with van der Waals surface area (Å²) in [4.78, 5) is 6.94. The van der Waals surface area contributed by atoms with Crippen molar-refractivity contribution in [1.82, 2.24) is 19.8 Å².